The lowest BCUT2D eigenvalue weighted by Crippen LogP contribution is -2.43. The van der Waals surface area contributed by atoms with Crippen LogP contribution in [0.4, 0.5) is 0 Å². The fraction of sp³-hybridized carbons (Fsp3) is 0.103. The van der Waals surface area contributed by atoms with Crippen molar-refractivity contribution in [1.82, 2.24) is 5.43 Å². The Hall–Kier alpha value is -3.74. The number of carbonyl (C=O) groups excluding carboxylic acids is 1. The highest BCUT2D eigenvalue weighted by molar-refractivity contribution is 14.1. The maximum Gasteiger partial charge on any atom is 0.339 e. The maximum absolute atomic E-state index is 13.2. The quantitative estimate of drug-likeness (QED) is 0.116. The molecule has 10 heteroatoms. The molecule has 4 rings (SSSR count). The highest BCUT2D eigenvalue weighted by atomic mass is 127. The number of nitrogens with one attached hydrogen (secondary N) is 1. The molecule has 8 nitrogen and oxygen atoms in total. The summed E-state index contributed by atoms with van der Waals surface area (Å²) in [5, 5.41) is 15.6. The standard InChI is InChI=1S/C29H25IN2O6S/c1-20-13-15-24(16-14-20)39(35,36)38-27-25(30)17-21(18-26(27)37-2)19-31-32-28(33)29(34,22-9-5-3-6-10-22)23-11-7-4-8-12-23/h3-19,34H,1-2H3,(H,32,33)/b31-19-. The van der Waals surface area contributed by atoms with Gasteiger partial charge in [-0.25, -0.2) is 5.43 Å². The largest absolute Gasteiger partial charge is 0.493 e. The van der Waals surface area contributed by atoms with Crippen molar-refractivity contribution in [2.24, 2.45) is 5.10 Å². The number of amides is 1. The Bertz CT molecular complexity index is 1550. The van der Waals surface area contributed by atoms with Crippen LogP contribution in [0.1, 0.15) is 22.3 Å². The van der Waals surface area contributed by atoms with Gasteiger partial charge in [-0.05, 0) is 70.5 Å². The van der Waals surface area contributed by atoms with E-state index >= 15 is 0 Å². The first-order valence-corrected chi connectivity index (χ1v) is 14.2. The van der Waals surface area contributed by atoms with Crippen LogP contribution in [0.3, 0.4) is 0 Å². The zero-order chi connectivity index (χ0) is 28.0. The molecule has 4 aromatic carbocycles. The first-order valence-electron chi connectivity index (χ1n) is 11.7. The average Bonchev–Trinajstić information content (AvgIpc) is 2.95. The van der Waals surface area contributed by atoms with Crippen LogP contribution in [0.15, 0.2) is 107 Å². The monoisotopic (exact) mass is 656 g/mol. The number of ether oxygens (including phenoxy) is 1. The minimum absolute atomic E-state index is 0.0172. The SMILES string of the molecule is COc1cc(/C=N\NC(=O)C(O)(c2ccccc2)c2ccccc2)cc(I)c1OS(=O)(=O)c1ccc(C)cc1. The molecule has 0 spiro atoms. The summed E-state index contributed by atoms with van der Waals surface area (Å²) in [6.45, 7) is 1.86. The van der Waals surface area contributed by atoms with E-state index in [1.54, 1.807) is 78.9 Å². The second kappa shape index (κ2) is 12.0. The molecule has 0 heterocycles. The lowest BCUT2D eigenvalue weighted by molar-refractivity contribution is -0.136. The third-order valence-corrected chi connectivity index (χ3v) is 7.88. The third-order valence-electron chi connectivity index (χ3n) is 5.85. The lowest BCUT2D eigenvalue weighted by atomic mass is 9.85. The number of halogens is 1. The number of hydrazone groups is 1. The predicted molar refractivity (Wildman–Crippen MR) is 156 cm³/mol. The summed E-state index contributed by atoms with van der Waals surface area (Å²) in [5.74, 6) is -0.556. The molecular weight excluding hydrogens is 631 g/mol. The molecule has 1 amide bonds. The summed E-state index contributed by atoms with van der Waals surface area (Å²) in [7, 11) is -2.71. The number of methoxy groups -OCH3 is 1. The molecule has 4 aromatic rings. The van der Waals surface area contributed by atoms with Crippen molar-refractivity contribution in [3.8, 4) is 11.5 Å². The van der Waals surface area contributed by atoms with E-state index in [0.717, 1.165) is 5.56 Å². The highest BCUT2D eigenvalue weighted by Gasteiger charge is 2.39. The van der Waals surface area contributed by atoms with Crippen LogP contribution in [-0.2, 0) is 20.5 Å². The fourth-order valence-corrected chi connectivity index (χ4v) is 5.63. The van der Waals surface area contributed by atoms with E-state index in [4.69, 9.17) is 8.92 Å². The molecule has 2 N–H and O–H groups in total. The first-order chi connectivity index (χ1) is 18.6. The van der Waals surface area contributed by atoms with Gasteiger partial charge in [-0.2, -0.15) is 13.5 Å². The van der Waals surface area contributed by atoms with Gasteiger partial charge in [0.2, 0.25) is 0 Å². The minimum Gasteiger partial charge on any atom is -0.493 e. The van der Waals surface area contributed by atoms with Gasteiger partial charge in [-0.15, -0.1) is 0 Å². The number of aryl methyl sites for hydroxylation is 1. The molecule has 0 aromatic heterocycles. The zero-order valence-electron chi connectivity index (χ0n) is 21.0. The van der Waals surface area contributed by atoms with Crippen molar-refractivity contribution in [1.29, 1.82) is 0 Å². The summed E-state index contributed by atoms with van der Waals surface area (Å²) < 4.78 is 36.9. The summed E-state index contributed by atoms with van der Waals surface area (Å²) >= 11 is 1.93. The third kappa shape index (κ3) is 6.29. The van der Waals surface area contributed by atoms with Gasteiger partial charge in [-0.1, -0.05) is 78.4 Å². The van der Waals surface area contributed by atoms with Gasteiger partial charge >= 0.3 is 10.1 Å². The zero-order valence-corrected chi connectivity index (χ0v) is 24.0. The Morgan fingerprint density at radius 3 is 2.05 bits per heavy atom. The van der Waals surface area contributed by atoms with Gasteiger partial charge in [0, 0.05) is 0 Å². The van der Waals surface area contributed by atoms with E-state index in [-0.39, 0.29) is 16.4 Å². The van der Waals surface area contributed by atoms with Gasteiger partial charge in [0.1, 0.15) is 4.90 Å². The smallest absolute Gasteiger partial charge is 0.339 e. The van der Waals surface area contributed by atoms with Gasteiger partial charge in [0.15, 0.2) is 17.1 Å². The molecule has 0 saturated carbocycles. The van der Waals surface area contributed by atoms with Crippen LogP contribution in [0.25, 0.3) is 0 Å². The highest BCUT2D eigenvalue weighted by Crippen LogP contribution is 2.36. The van der Waals surface area contributed by atoms with Crippen molar-refractivity contribution in [2.45, 2.75) is 17.4 Å². The van der Waals surface area contributed by atoms with Crippen molar-refractivity contribution in [3.05, 3.63) is 123 Å². The van der Waals surface area contributed by atoms with Crippen molar-refractivity contribution in [3.63, 3.8) is 0 Å². The predicted octanol–water partition coefficient (Wildman–Crippen LogP) is 4.76. The summed E-state index contributed by atoms with van der Waals surface area (Å²) in [6.07, 6.45) is 1.36. The number of hydrogen-bond acceptors (Lipinski definition) is 7. The Balaban J connectivity index is 1.57. The van der Waals surface area contributed by atoms with Crippen LogP contribution in [0.2, 0.25) is 0 Å². The van der Waals surface area contributed by atoms with E-state index in [1.807, 2.05) is 29.5 Å². The van der Waals surface area contributed by atoms with Crippen molar-refractivity contribution < 1.29 is 27.2 Å². The van der Waals surface area contributed by atoms with E-state index in [9.17, 15) is 18.3 Å². The molecule has 39 heavy (non-hydrogen) atoms. The van der Waals surface area contributed by atoms with Crippen LogP contribution in [0, 0.1) is 10.5 Å². The number of aliphatic hydroxyl groups is 1. The summed E-state index contributed by atoms with van der Waals surface area (Å²) in [6, 6.07) is 26.6. The summed E-state index contributed by atoms with van der Waals surface area (Å²) in [5.41, 5.74) is 2.63. The molecule has 200 valence electrons. The maximum atomic E-state index is 13.2. The molecule has 0 bridgehead atoms. The van der Waals surface area contributed by atoms with E-state index in [0.29, 0.717) is 20.3 Å². The Kier molecular flexibility index (Phi) is 8.68. The van der Waals surface area contributed by atoms with Gasteiger partial charge in [0.05, 0.1) is 16.9 Å². The first kappa shape index (κ1) is 28.3. The normalized spacial score (nSPS) is 11.8. The lowest BCUT2D eigenvalue weighted by Gasteiger charge is -2.27. The van der Waals surface area contributed by atoms with Crippen LogP contribution in [0.5, 0.6) is 11.5 Å². The van der Waals surface area contributed by atoms with E-state index in [2.05, 4.69) is 10.5 Å². The van der Waals surface area contributed by atoms with Crippen LogP contribution >= 0.6 is 22.6 Å². The molecule has 0 unspecified atom stereocenters. The molecule has 0 radical (unpaired) electrons. The second-order valence-electron chi connectivity index (χ2n) is 8.53. The number of rotatable bonds is 9. The minimum atomic E-state index is -4.10. The number of nitrogens with zero attached hydrogens (tertiary/aromatic N) is 1. The topological polar surface area (TPSA) is 114 Å². The second-order valence-corrected chi connectivity index (χ2v) is 11.2. The molecule has 0 aliphatic heterocycles. The Morgan fingerprint density at radius 1 is 0.949 bits per heavy atom. The van der Waals surface area contributed by atoms with Crippen molar-refractivity contribution >= 4 is 44.8 Å². The molecular formula is C29H25IN2O6S. The van der Waals surface area contributed by atoms with E-state index < -0.39 is 21.6 Å². The molecule has 0 aliphatic rings. The Morgan fingerprint density at radius 2 is 1.51 bits per heavy atom. The average molecular weight is 656 g/mol. The van der Waals surface area contributed by atoms with Gasteiger partial charge < -0.3 is 14.0 Å². The number of benzene rings is 4. The van der Waals surface area contributed by atoms with Crippen LogP contribution in [-0.4, -0.2) is 32.8 Å². The molecule has 0 saturated heterocycles. The van der Waals surface area contributed by atoms with Crippen molar-refractivity contribution in [2.75, 3.05) is 7.11 Å². The number of carbonyl (C=O) groups is 1. The summed E-state index contributed by atoms with van der Waals surface area (Å²) in [4.78, 5) is 13.2. The Labute approximate surface area is 240 Å². The van der Waals surface area contributed by atoms with Gasteiger partial charge in [0.25, 0.3) is 5.91 Å². The van der Waals surface area contributed by atoms with Gasteiger partial charge in [-0.3, -0.25) is 4.79 Å². The van der Waals surface area contributed by atoms with E-state index in [1.165, 1.54) is 31.5 Å². The fourth-order valence-electron chi connectivity index (χ4n) is 3.79. The number of hydrogen-bond donors (Lipinski definition) is 2. The van der Waals surface area contributed by atoms with Crippen LogP contribution < -0.4 is 14.3 Å². The molecule has 0 atom stereocenters. The molecule has 0 fully saturated rings. The molecule has 0 aliphatic carbocycles.